The van der Waals surface area contributed by atoms with Crippen molar-refractivity contribution in [3.63, 3.8) is 0 Å². The molecular formula is C21H23N. The van der Waals surface area contributed by atoms with E-state index in [2.05, 4.69) is 66.8 Å². The smallest absolute Gasteiger partial charge is 0.0622 e. The maximum Gasteiger partial charge on any atom is 0.0622 e. The van der Waals surface area contributed by atoms with E-state index in [4.69, 9.17) is 0 Å². The molecule has 3 rings (SSSR count). The topological polar surface area (TPSA) is 12.4 Å². The van der Waals surface area contributed by atoms with Gasteiger partial charge in [-0.05, 0) is 48.4 Å². The molecule has 0 N–H and O–H groups in total. The van der Waals surface area contributed by atoms with Gasteiger partial charge in [-0.1, -0.05) is 68.3 Å². The molecule has 0 heterocycles. The molecule has 2 aromatic carbocycles. The van der Waals surface area contributed by atoms with Crippen molar-refractivity contribution in [1.29, 1.82) is 0 Å². The molecule has 0 radical (unpaired) electrons. The molecule has 0 saturated heterocycles. The summed E-state index contributed by atoms with van der Waals surface area (Å²) < 4.78 is 0. The molecule has 1 saturated carbocycles. The third-order valence-corrected chi connectivity index (χ3v) is 5.01. The molecule has 1 fully saturated rings. The van der Waals surface area contributed by atoms with Crippen molar-refractivity contribution in [2.45, 2.75) is 37.5 Å². The average Bonchev–Trinajstić information content (AvgIpc) is 2.62. The lowest BCUT2D eigenvalue weighted by Crippen LogP contribution is -2.30. The van der Waals surface area contributed by atoms with Crippen molar-refractivity contribution < 1.29 is 0 Å². The van der Waals surface area contributed by atoms with Crippen molar-refractivity contribution in [1.82, 2.24) is 0 Å². The Kier molecular flexibility index (Phi) is 4.24. The highest BCUT2D eigenvalue weighted by Gasteiger charge is 2.35. The second kappa shape index (κ2) is 6.31. The fraction of sp³-hybridized carbons (Fsp3) is 0.286. The standard InChI is InChI=1S/C21H23N/c1-3-17-7-9-18(10-8-17)21(15-5-4-6-16-21)19-11-13-20(22-2)14-12-19/h3,7-14H,1-2,4-6,15-16H2. The van der Waals surface area contributed by atoms with Gasteiger partial charge in [0.2, 0.25) is 0 Å². The molecule has 112 valence electrons. The molecule has 1 heteroatoms. The summed E-state index contributed by atoms with van der Waals surface area (Å²) in [6, 6.07) is 17.5. The Bertz CT molecular complexity index is 590. The van der Waals surface area contributed by atoms with E-state index in [1.165, 1.54) is 48.8 Å². The van der Waals surface area contributed by atoms with E-state index in [0.29, 0.717) is 0 Å². The minimum atomic E-state index is 0.150. The van der Waals surface area contributed by atoms with Crippen LogP contribution >= 0.6 is 0 Å². The zero-order chi connectivity index (χ0) is 15.4. The fourth-order valence-corrected chi connectivity index (χ4v) is 3.72. The Hall–Kier alpha value is -2.15. The summed E-state index contributed by atoms with van der Waals surface area (Å²) in [5, 5.41) is 0. The molecule has 0 spiro atoms. The van der Waals surface area contributed by atoms with Gasteiger partial charge in [-0.15, -0.1) is 0 Å². The van der Waals surface area contributed by atoms with Crippen LogP contribution < -0.4 is 0 Å². The van der Waals surface area contributed by atoms with E-state index < -0.39 is 0 Å². The normalized spacial score (nSPS) is 16.9. The maximum atomic E-state index is 4.01. The van der Waals surface area contributed by atoms with Crippen molar-refractivity contribution in [2.24, 2.45) is 4.99 Å². The molecule has 1 nitrogen and oxygen atoms in total. The first-order valence-corrected chi connectivity index (χ1v) is 8.09. The minimum absolute atomic E-state index is 0.150. The van der Waals surface area contributed by atoms with Gasteiger partial charge in [0, 0.05) is 5.41 Å². The summed E-state index contributed by atoms with van der Waals surface area (Å²) in [5.74, 6) is 0. The van der Waals surface area contributed by atoms with Gasteiger partial charge in [-0.3, -0.25) is 4.99 Å². The summed E-state index contributed by atoms with van der Waals surface area (Å²) in [7, 11) is 0. The van der Waals surface area contributed by atoms with E-state index in [1.54, 1.807) is 0 Å². The van der Waals surface area contributed by atoms with Crippen LogP contribution in [-0.4, -0.2) is 6.72 Å². The first kappa shape index (κ1) is 14.8. The van der Waals surface area contributed by atoms with Gasteiger partial charge in [0.1, 0.15) is 0 Å². The van der Waals surface area contributed by atoms with E-state index in [-0.39, 0.29) is 5.41 Å². The van der Waals surface area contributed by atoms with Gasteiger partial charge in [0.15, 0.2) is 0 Å². The SMILES string of the molecule is C=Cc1ccc(C2(c3ccc(N=C)cc3)CCCCC2)cc1. The highest BCUT2D eigenvalue weighted by molar-refractivity contribution is 5.52. The van der Waals surface area contributed by atoms with Gasteiger partial charge in [-0.2, -0.15) is 0 Å². The van der Waals surface area contributed by atoms with E-state index in [9.17, 15) is 0 Å². The molecule has 1 aliphatic rings. The molecule has 1 aliphatic carbocycles. The first-order chi connectivity index (χ1) is 10.8. The van der Waals surface area contributed by atoms with Gasteiger partial charge < -0.3 is 0 Å². The summed E-state index contributed by atoms with van der Waals surface area (Å²) >= 11 is 0. The molecule has 0 amide bonds. The first-order valence-electron chi connectivity index (χ1n) is 8.09. The van der Waals surface area contributed by atoms with Gasteiger partial charge in [0.05, 0.1) is 5.69 Å². The van der Waals surface area contributed by atoms with Crippen molar-refractivity contribution in [3.05, 3.63) is 71.8 Å². The minimum Gasteiger partial charge on any atom is -0.265 e. The number of nitrogens with zero attached hydrogens (tertiary/aromatic N) is 1. The number of benzene rings is 2. The van der Waals surface area contributed by atoms with Gasteiger partial charge in [-0.25, -0.2) is 0 Å². The third kappa shape index (κ3) is 2.64. The van der Waals surface area contributed by atoms with Crippen LogP contribution in [0.25, 0.3) is 6.08 Å². The number of aliphatic imine (C=N–C) groups is 1. The van der Waals surface area contributed by atoms with Crippen molar-refractivity contribution in [3.8, 4) is 0 Å². The molecule has 2 aromatic rings. The molecular weight excluding hydrogens is 266 g/mol. The van der Waals surface area contributed by atoms with Crippen molar-refractivity contribution >= 4 is 18.5 Å². The van der Waals surface area contributed by atoms with Gasteiger partial charge in [0.25, 0.3) is 0 Å². The quantitative estimate of drug-likeness (QED) is 0.620. The van der Waals surface area contributed by atoms with Gasteiger partial charge >= 0.3 is 0 Å². The van der Waals surface area contributed by atoms with Crippen LogP contribution in [0.3, 0.4) is 0 Å². The zero-order valence-electron chi connectivity index (χ0n) is 13.1. The molecule has 0 unspecified atom stereocenters. The van der Waals surface area contributed by atoms with Crippen LogP contribution in [0.5, 0.6) is 0 Å². The summed E-state index contributed by atoms with van der Waals surface area (Å²) in [5.41, 5.74) is 5.11. The lowest BCUT2D eigenvalue weighted by Gasteiger charge is -2.38. The molecule has 0 bridgehead atoms. The average molecular weight is 289 g/mol. The predicted octanol–water partition coefficient (Wildman–Crippen LogP) is 5.91. The van der Waals surface area contributed by atoms with Crippen LogP contribution in [0.4, 0.5) is 5.69 Å². The fourth-order valence-electron chi connectivity index (χ4n) is 3.72. The molecule has 22 heavy (non-hydrogen) atoms. The zero-order valence-corrected chi connectivity index (χ0v) is 13.1. The lowest BCUT2D eigenvalue weighted by atomic mass is 9.65. The third-order valence-electron chi connectivity index (χ3n) is 5.01. The van der Waals surface area contributed by atoms with Crippen LogP contribution in [0.15, 0.2) is 60.1 Å². The van der Waals surface area contributed by atoms with Crippen LogP contribution in [0.2, 0.25) is 0 Å². The number of hydrogen-bond donors (Lipinski definition) is 0. The second-order valence-electron chi connectivity index (χ2n) is 6.17. The monoisotopic (exact) mass is 289 g/mol. The van der Waals surface area contributed by atoms with E-state index in [0.717, 1.165) is 5.69 Å². The summed E-state index contributed by atoms with van der Waals surface area (Å²) in [6.45, 7) is 7.46. The Morgan fingerprint density at radius 3 is 1.86 bits per heavy atom. The Morgan fingerprint density at radius 2 is 1.36 bits per heavy atom. The summed E-state index contributed by atoms with van der Waals surface area (Å²) in [4.78, 5) is 4.01. The molecule has 0 aliphatic heterocycles. The van der Waals surface area contributed by atoms with Crippen LogP contribution in [0.1, 0.15) is 48.8 Å². The van der Waals surface area contributed by atoms with E-state index >= 15 is 0 Å². The largest absolute Gasteiger partial charge is 0.265 e. The Labute approximate surface area is 133 Å². The molecule has 0 aromatic heterocycles. The van der Waals surface area contributed by atoms with Crippen LogP contribution in [-0.2, 0) is 5.41 Å². The van der Waals surface area contributed by atoms with Crippen LogP contribution in [0, 0.1) is 0 Å². The summed E-state index contributed by atoms with van der Waals surface area (Å²) in [6.07, 6.45) is 8.29. The Morgan fingerprint density at radius 1 is 0.818 bits per heavy atom. The highest BCUT2D eigenvalue weighted by Crippen LogP contribution is 2.45. The predicted molar refractivity (Wildman–Crippen MR) is 96.0 cm³/mol. The molecule has 0 atom stereocenters. The van der Waals surface area contributed by atoms with Crippen molar-refractivity contribution in [2.75, 3.05) is 0 Å². The number of hydrogen-bond acceptors (Lipinski definition) is 1. The Balaban J connectivity index is 2.06. The second-order valence-corrected chi connectivity index (χ2v) is 6.17. The van der Waals surface area contributed by atoms with E-state index in [1.807, 2.05) is 6.08 Å². The highest BCUT2D eigenvalue weighted by atomic mass is 14.7. The maximum absolute atomic E-state index is 4.01. The number of rotatable bonds is 4. The lowest BCUT2D eigenvalue weighted by molar-refractivity contribution is 0.346.